The molecule has 0 aliphatic heterocycles. The van der Waals surface area contributed by atoms with Crippen molar-refractivity contribution in [2.75, 3.05) is 6.66 Å². The zero-order valence-electron chi connectivity index (χ0n) is 5.50. The summed E-state index contributed by atoms with van der Waals surface area (Å²) in [4.78, 5) is 23.2. The first-order chi connectivity index (χ1) is 2.00. The fraction of sp³-hybridized carbons (Fsp3) is 1.00. The van der Waals surface area contributed by atoms with E-state index in [1.165, 1.54) is 0 Å². The third kappa shape index (κ3) is 47.2. The molecule has 0 aromatic rings. The van der Waals surface area contributed by atoms with Crippen molar-refractivity contribution in [2.24, 2.45) is 0 Å². The van der Waals surface area contributed by atoms with Gasteiger partial charge in [0.05, 0.1) is 0 Å². The van der Waals surface area contributed by atoms with Crippen LogP contribution in [0, 0.1) is 0 Å². The van der Waals surface area contributed by atoms with Gasteiger partial charge in [0.2, 0.25) is 0 Å². The predicted octanol–water partition coefficient (Wildman–Crippen LogP) is -0.800. The molecule has 0 aromatic heterocycles. The molecule has 0 radical (unpaired) electrons. The van der Waals surface area contributed by atoms with Gasteiger partial charge in [-0.25, -0.2) is 0 Å². The van der Waals surface area contributed by atoms with Crippen molar-refractivity contribution in [2.45, 2.75) is 0 Å². The topological polar surface area (TPSA) is 60.7 Å². The van der Waals surface area contributed by atoms with E-state index in [1.807, 2.05) is 0 Å². The molecule has 0 spiro atoms. The minimum atomic E-state index is -3.39. The summed E-state index contributed by atoms with van der Waals surface area (Å²) in [6.45, 7) is 0.965. The maximum Gasteiger partial charge on any atom is 2.00 e. The molecule has 0 aliphatic rings. The van der Waals surface area contributed by atoms with Crippen LogP contribution in [0.25, 0.3) is 0 Å². The summed E-state index contributed by atoms with van der Waals surface area (Å²) in [7, 11) is -3.39. The Balaban J connectivity index is -0.0000000267. The number of rotatable bonds is 0. The summed E-state index contributed by atoms with van der Waals surface area (Å²) in [6, 6.07) is 0. The maximum absolute atomic E-state index is 7.74. The van der Waals surface area contributed by atoms with E-state index >= 15 is 0 Å². The van der Waals surface area contributed by atoms with E-state index in [9.17, 15) is 0 Å². The van der Waals surface area contributed by atoms with Gasteiger partial charge in [-0.3, -0.25) is 0 Å². The molecular formula is CH8CaO3P+. The largest absolute Gasteiger partial charge is 2.00 e. The molecule has 0 saturated heterocycles. The molecule has 0 saturated carbocycles. The predicted molar refractivity (Wildman–Crippen MR) is 27.5 cm³/mol. The van der Waals surface area contributed by atoms with Gasteiger partial charge in [0.15, 0.2) is 0 Å². The Kier molecular flexibility index (Phi) is 6.24. The van der Waals surface area contributed by atoms with Crippen molar-refractivity contribution >= 4 is 45.7 Å². The van der Waals surface area contributed by atoms with E-state index < -0.39 is 7.94 Å². The van der Waals surface area contributed by atoms with Gasteiger partial charge >= 0.3 is 45.7 Å². The van der Waals surface area contributed by atoms with Gasteiger partial charge in [-0.1, -0.05) is 0 Å². The van der Waals surface area contributed by atoms with E-state index in [0.29, 0.717) is 0 Å². The molecule has 3 nitrogen and oxygen atoms in total. The van der Waals surface area contributed by atoms with Crippen molar-refractivity contribution in [3.05, 3.63) is 0 Å². The molecule has 0 heterocycles. The first-order valence-electron chi connectivity index (χ1n) is 1.05. The van der Waals surface area contributed by atoms with Crippen LogP contribution < -0.4 is 0 Å². The van der Waals surface area contributed by atoms with Crippen molar-refractivity contribution in [1.29, 1.82) is 0 Å². The van der Waals surface area contributed by atoms with Gasteiger partial charge in [-0.05, 0) is 0 Å². The minimum absolute atomic E-state index is 0. The maximum atomic E-state index is 7.74. The molecule has 5 heteroatoms. The Morgan fingerprint density at radius 3 is 1.33 bits per heavy atom. The molecule has 0 rings (SSSR count). The van der Waals surface area contributed by atoms with Crippen LogP contribution in [-0.4, -0.2) is 59.1 Å². The normalized spacial score (nSPS) is 10.0. The average molecular weight is 139 g/mol. The van der Waals surface area contributed by atoms with Gasteiger partial charge in [0.25, 0.3) is 0 Å². The van der Waals surface area contributed by atoms with Crippen LogP contribution >= 0.6 is 7.94 Å². The third-order valence-electron chi connectivity index (χ3n) is 0. The number of hydrogen-bond donors (Lipinski definition) is 3. The zero-order chi connectivity index (χ0) is 4.50. The SMILES string of the molecule is C[P+](O)(O)O.[Ca+2].[H-].[H-]. The fourth-order valence-corrected chi connectivity index (χ4v) is 0. The van der Waals surface area contributed by atoms with E-state index in [0.717, 1.165) is 6.66 Å². The van der Waals surface area contributed by atoms with Crippen LogP contribution in [0.4, 0.5) is 0 Å². The second-order valence-corrected chi connectivity index (χ2v) is 2.60. The summed E-state index contributed by atoms with van der Waals surface area (Å²) < 4.78 is 0. The van der Waals surface area contributed by atoms with Gasteiger partial charge in [-0.2, -0.15) is 14.7 Å². The summed E-state index contributed by atoms with van der Waals surface area (Å²) in [6.07, 6.45) is 0. The van der Waals surface area contributed by atoms with Crippen LogP contribution in [0.2, 0.25) is 0 Å². The van der Waals surface area contributed by atoms with E-state index in [2.05, 4.69) is 0 Å². The molecule has 0 aromatic carbocycles. The fourth-order valence-electron chi connectivity index (χ4n) is 0. The van der Waals surface area contributed by atoms with Crippen LogP contribution in [0.1, 0.15) is 2.85 Å². The van der Waals surface area contributed by atoms with Gasteiger partial charge in [0.1, 0.15) is 6.66 Å². The molecule has 0 bridgehead atoms. The van der Waals surface area contributed by atoms with Gasteiger partial charge in [-0.15, -0.1) is 0 Å². The Bertz CT molecular complexity index is 32.8. The second kappa shape index (κ2) is 3.56. The van der Waals surface area contributed by atoms with Gasteiger partial charge in [0, 0.05) is 0 Å². The molecule has 36 valence electrons. The minimum Gasteiger partial charge on any atom is -1.00 e. The molecular weight excluding hydrogens is 131 g/mol. The molecule has 0 fully saturated rings. The summed E-state index contributed by atoms with van der Waals surface area (Å²) >= 11 is 0. The molecule has 0 amide bonds. The Labute approximate surface area is 69.6 Å². The van der Waals surface area contributed by atoms with E-state index in [1.54, 1.807) is 0 Å². The molecule has 3 N–H and O–H groups in total. The second-order valence-electron chi connectivity index (χ2n) is 0.868. The van der Waals surface area contributed by atoms with Crippen LogP contribution in [-0.2, 0) is 0 Å². The molecule has 0 aliphatic carbocycles. The Morgan fingerprint density at radius 1 is 1.33 bits per heavy atom. The van der Waals surface area contributed by atoms with Crippen molar-refractivity contribution in [3.8, 4) is 0 Å². The van der Waals surface area contributed by atoms with Crippen molar-refractivity contribution < 1.29 is 17.5 Å². The number of hydrogen-bond acceptors (Lipinski definition) is 3. The van der Waals surface area contributed by atoms with E-state index in [4.69, 9.17) is 14.7 Å². The third-order valence-corrected chi connectivity index (χ3v) is 0. The first-order valence-corrected chi connectivity index (χ1v) is 3.14. The smallest absolute Gasteiger partial charge is 1.00 e. The first kappa shape index (κ1) is 10.5. The average Bonchev–Trinajstić information content (AvgIpc) is 0.722. The van der Waals surface area contributed by atoms with Crippen LogP contribution in [0.15, 0.2) is 0 Å². The van der Waals surface area contributed by atoms with E-state index in [-0.39, 0.29) is 40.6 Å². The Morgan fingerprint density at radius 2 is 1.33 bits per heavy atom. The summed E-state index contributed by atoms with van der Waals surface area (Å²) in [5.74, 6) is 0. The monoisotopic (exact) mass is 139 g/mol. The van der Waals surface area contributed by atoms with Crippen LogP contribution in [0.3, 0.4) is 0 Å². The van der Waals surface area contributed by atoms with Crippen molar-refractivity contribution in [1.82, 2.24) is 0 Å². The Hall–Kier alpha value is 1.57. The zero-order valence-corrected chi connectivity index (χ0v) is 6.60. The molecule has 6 heavy (non-hydrogen) atoms. The molecule has 0 unspecified atom stereocenters. The summed E-state index contributed by atoms with van der Waals surface area (Å²) in [5.41, 5.74) is 0. The standard InChI is InChI=1S/CH6O3P.Ca.2H/c1-5(2,3)4;;;/h2-4H,1H3;;;/q+1;+2;2*-1. The van der Waals surface area contributed by atoms with Crippen LogP contribution in [0.5, 0.6) is 0 Å². The summed E-state index contributed by atoms with van der Waals surface area (Å²) in [5, 5.41) is 0. The molecule has 0 atom stereocenters. The quantitative estimate of drug-likeness (QED) is 0.304. The van der Waals surface area contributed by atoms with Crippen molar-refractivity contribution in [3.63, 3.8) is 0 Å². The van der Waals surface area contributed by atoms with Gasteiger partial charge < -0.3 is 2.85 Å².